The quantitative estimate of drug-likeness (QED) is 0.0923. The molecule has 536 valence electrons. The Kier molecular flexibility index (Phi) is 18.7. The highest BCUT2D eigenvalue weighted by Gasteiger charge is 2.22. The van der Waals surface area contributed by atoms with Gasteiger partial charge in [-0.2, -0.15) is 0 Å². The molecule has 4 aromatic heterocycles. The van der Waals surface area contributed by atoms with Crippen molar-refractivity contribution in [2.45, 2.75) is 12.8 Å². The van der Waals surface area contributed by atoms with Gasteiger partial charge in [-0.25, -0.2) is 15.0 Å². The van der Waals surface area contributed by atoms with Crippen molar-refractivity contribution in [2.75, 3.05) is 0 Å². The fraction of sp³-hybridized carbons (Fsp3) is 0.0190. The van der Waals surface area contributed by atoms with Gasteiger partial charge in [0.2, 0.25) is 0 Å². The highest BCUT2D eigenvalue weighted by Crippen LogP contribution is 2.43. The van der Waals surface area contributed by atoms with E-state index in [0.717, 1.165) is 67.9 Å². The second-order valence-corrected chi connectivity index (χ2v) is 29.4. The molecule has 0 saturated carbocycles. The maximum absolute atomic E-state index is 6.23. The first-order valence-corrected chi connectivity index (χ1v) is 39.1. The van der Waals surface area contributed by atoms with Crippen LogP contribution in [0, 0.1) is 0 Å². The molecule has 8 heteroatoms. The van der Waals surface area contributed by atoms with E-state index in [9.17, 15) is 0 Å². The van der Waals surface area contributed by atoms with Crippen molar-refractivity contribution in [1.29, 1.82) is 0 Å². The summed E-state index contributed by atoms with van der Waals surface area (Å²) in [4.78, 5) is 14.7. The molecule has 0 aliphatic heterocycles. The molecule has 16 aromatic carbocycles. The molecule has 0 unspecified atom stereocenters. The number of nitrogens with zero attached hydrogens (tertiary/aromatic N) is 6. The fourth-order valence-corrected chi connectivity index (χ4v) is 16.3. The predicted molar refractivity (Wildman–Crippen MR) is 476 cm³/mol. The number of hydrogen-bond donors (Lipinski definition) is 1. The Balaban J connectivity index is 0.000000127. The van der Waals surface area contributed by atoms with E-state index >= 15 is 0 Å². The maximum atomic E-state index is 6.23. The molecule has 20 aromatic rings. The van der Waals surface area contributed by atoms with Crippen LogP contribution in [0.3, 0.4) is 0 Å². The average molecular weight is 1510 g/mol. The van der Waals surface area contributed by atoms with Gasteiger partial charge in [-0.1, -0.05) is 313 Å². The van der Waals surface area contributed by atoms with Gasteiger partial charge in [-0.3, -0.25) is 0 Å². The van der Waals surface area contributed by atoms with Gasteiger partial charge in [0.05, 0.1) is 50.2 Å². The average Bonchev–Trinajstić information content (AvgIpc) is 1.60. The number of allylic oxidation sites excluding steroid dienone is 1. The van der Waals surface area contributed by atoms with Crippen molar-refractivity contribution in [3.63, 3.8) is 0 Å². The molecule has 7 nitrogen and oxygen atoms in total. The first-order valence-electron chi connectivity index (χ1n) is 38.3. The SMILES string of the molecule is NC(=N/C(=C\Cc1ccccc1)c1ccc(Br)cc1)c1ccccc1.c1ccc(-c2cc(-c3ccc(-n4c5ccccc5c5cc(-c6ccc7c(c6)c6ccccc6n7-c6ccccc6)ccc54)cc3)nc(-c3ccccc3)n2)cc1.c1ccc(-n2c3ccccc3c3cc(-c4ccc5c(c4)-c4ccccc4C5)ccc32)cc1. The zero-order valence-electron chi connectivity index (χ0n) is 61.8. The molecule has 0 spiro atoms. The van der Waals surface area contributed by atoms with Gasteiger partial charge in [0, 0.05) is 76.1 Å². The van der Waals surface area contributed by atoms with E-state index in [1.165, 1.54) is 127 Å². The van der Waals surface area contributed by atoms with Gasteiger partial charge in [0.15, 0.2) is 5.82 Å². The van der Waals surface area contributed by atoms with Crippen molar-refractivity contribution in [2.24, 2.45) is 10.7 Å². The number of halogens is 1. The topological polar surface area (TPSA) is 78.9 Å². The molecule has 4 heterocycles. The lowest BCUT2D eigenvalue weighted by Gasteiger charge is -2.12. The summed E-state index contributed by atoms with van der Waals surface area (Å²) in [5.74, 6) is 1.23. The van der Waals surface area contributed by atoms with Gasteiger partial charge in [0.25, 0.3) is 0 Å². The monoisotopic (exact) mass is 1510 g/mol. The van der Waals surface area contributed by atoms with Crippen LogP contribution in [0.1, 0.15) is 27.8 Å². The van der Waals surface area contributed by atoms with Crippen molar-refractivity contribution < 1.29 is 0 Å². The van der Waals surface area contributed by atoms with Gasteiger partial charge in [0.1, 0.15) is 5.84 Å². The minimum atomic E-state index is 0.517. The van der Waals surface area contributed by atoms with Crippen LogP contribution in [0.4, 0.5) is 0 Å². The fourth-order valence-electron chi connectivity index (χ4n) is 16.1. The van der Waals surface area contributed by atoms with Gasteiger partial charge < -0.3 is 19.4 Å². The van der Waals surface area contributed by atoms with Crippen LogP contribution in [-0.4, -0.2) is 29.5 Å². The molecule has 1 aliphatic carbocycles. The van der Waals surface area contributed by atoms with E-state index in [4.69, 9.17) is 20.7 Å². The highest BCUT2D eigenvalue weighted by atomic mass is 79.9. The summed E-state index contributed by atoms with van der Waals surface area (Å²) < 4.78 is 8.15. The molecule has 0 bridgehead atoms. The molecule has 0 fully saturated rings. The Hall–Kier alpha value is -14.3. The third-order valence-corrected chi connectivity index (χ3v) is 22.1. The molecular formula is C105H74BrN7. The lowest BCUT2D eigenvalue weighted by Crippen LogP contribution is -2.13. The summed E-state index contributed by atoms with van der Waals surface area (Å²) in [5, 5.41) is 7.54. The van der Waals surface area contributed by atoms with E-state index in [-0.39, 0.29) is 0 Å². The molecule has 1 aliphatic rings. The van der Waals surface area contributed by atoms with Crippen LogP contribution in [0.15, 0.2) is 422 Å². The third kappa shape index (κ3) is 13.8. The van der Waals surface area contributed by atoms with Crippen LogP contribution in [-0.2, 0) is 12.8 Å². The number of fused-ring (bicyclic) bond motifs is 12. The number of para-hydroxylation sites is 5. The minimum absolute atomic E-state index is 0.517. The molecule has 0 amide bonds. The molecule has 0 saturated heterocycles. The number of hydrogen-bond acceptors (Lipinski definition) is 3. The highest BCUT2D eigenvalue weighted by molar-refractivity contribution is 9.10. The second kappa shape index (κ2) is 30.6. The summed E-state index contributed by atoms with van der Waals surface area (Å²) in [5.41, 5.74) is 36.5. The normalized spacial score (nSPS) is 11.9. The van der Waals surface area contributed by atoms with E-state index in [0.29, 0.717) is 11.7 Å². The van der Waals surface area contributed by atoms with Gasteiger partial charge in [-0.15, -0.1) is 0 Å². The van der Waals surface area contributed by atoms with Crippen LogP contribution in [0.2, 0.25) is 0 Å². The first-order chi connectivity index (χ1) is 55.8. The first kappa shape index (κ1) is 69.2. The molecule has 113 heavy (non-hydrogen) atoms. The number of nitrogens with two attached hydrogens (primary N) is 1. The number of benzene rings is 16. The Morgan fingerprint density at radius 1 is 0.310 bits per heavy atom. The number of aromatic nitrogens is 5. The number of aliphatic imine (C=N–C) groups is 1. The predicted octanol–water partition coefficient (Wildman–Crippen LogP) is 26.8. The Labute approximate surface area is 664 Å². The number of rotatable bonds is 13. The van der Waals surface area contributed by atoms with Crippen LogP contribution >= 0.6 is 15.9 Å². The smallest absolute Gasteiger partial charge is 0.160 e. The number of amidine groups is 1. The molecule has 0 radical (unpaired) electrons. The zero-order valence-corrected chi connectivity index (χ0v) is 63.4. The van der Waals surface area contributed by atoms with Crippen molar-refractivity contribution >= 4 is 92.9 Å². The molecule has 21 rings (SSSR count). The summed E-state index contributed by atoms with van der Waals surface area (Å²) in [7, 11) is 0. The third-order valence-electron chi connectivity index (χ3n) is 21.6. The lowest BCUT2D eigenvalue weighted by molar-refractivity contribution is 1.17. The van der Waals surface area contributed by atoms with E-state index < -0.39 is 0 Å². The van der Waals surface area contributed by atoms with Crippen LogP contribution in [0.5, 0.6) is 0 Å². The zero-order chi connectivity index (χ0) is 75.6. The largest absolute Gasteiger partial charge is 0.383 e. The van der Waals surface area contributed by atoms with Gasteiger partial charge >= 0.3 is 0 Å². The Bertz CT molecular complexity index is 6890. The summed E-state index contributed by atoms with van der Waals surface area (Å²) in [6.45, 7) is 0. The van der Waals surface area contributed by atoms with Crippen molar-refractivity contribution in [3.8, 4) is 84.3 Å². The minimum Gasteiger partial charge on any atom is -0.383 e. The van der Waals surface area contributed by atoms with Crippen molar-refractivity contribution in [1.82, 2.24) is 23.7 Å². The van der Waals surface area contributed by atoms with E-state index in [2.05, 4.69) is 333 Å². The molecule has 0 atom stereocenters. The maximum Gasteiger partial charge on any atom is 0.160 e. The Morgan fingerprint density at radius 2 is 0.690 bits per heavy atom. The molecular weight excluding hydrogens is 1440 g/mol. The summed E-state index contributed by atoms with van der Waals surface area (Å²) >= 11 is 3.48. The van der Waals surface area contributed by atoms with Crippen LogP contribution < -0.4 is 5.73 Å². The summed E-state index contributed by atoms with van der Waals surface area (Å²) in [6, 6.07) is 144. The second-order valence-electron chi connectivity index (χ2n) is 28.5. The Morgan fingerprint density at radius 3 is 1.20 bits per heavy atom. The van der Waals surface area contributed by atoms with E-state index in [1.54, 1.807) is 0 Å². The molecule has 2 N–H and O–H groups in total. The lowest BCUT2D eigenvalue weighted by atomic mass is 9.97. The van der Waals surface area contributed by atoms with Crippen LogP contribution in [0.25, 0.3) is 155 Å². The van der Waals surface area contributed by atoms with Gasteiger partial charge in [-0.05, 0) is 184 Å². The summed E-state index contributed by atoms with van der Waals surface area (Å²) in [6.07, 6.45) is 3.96. The standard InChI is InChI=1S/C52H34N4.C31H21N.C22H19BrN2/c1-4-14-35(15-5-1)46-34-47(54-52(53-46)37-16-6-2-7-17-37)36-24-28-41(29-25-36)56-49-23-13-11-21-43(49)45-33-39(27-31-51(45)56)38-26-30-50-44(32-38)42-20-10-12-22-48(42)55(50)40-18-8-3-9-19-40;1-2-9-25(10-3-1)32-30-13-7-6-12-27(30)29-20-22(16-17-31(29)32)21-14-15-24-18-23-8-4-5-11-26(23)28(24)19-21;23-20-14-12-18(13-15-20)21(16-11-17-7-3-1-4-8-17)25-22(24)19-9-5-2-6-10-19/h1-34H;1-17,19-20H,18H2;1-10,12-16H,11H2,(H2,24,25)/b;;21-16-. The van der Waals surface area contributed by atoms with E-state index in [1.807, 2.05) is 109 Å². The van der Waals surface area contributed by atoms with Crippen molar-refractivity contribution in [3.05, 3.63) is 445 Å².